The Kier molecular flexibility index (Phi) is 4.95. The first-order valence-electron chi connectivity index (χ1n) is 7.16. The van der Waals surface area contributed by atoms with Gasteiger partial charge in [-0.1, -0.05) is 19.9 Å². The topological polar surface area (TPSA) is 54.5 Å². The number of amides is 1. The van der Waals surface area contributed by atoms with Gasteiger partial charge in [0.05, 0.1) is 18.3 Å². The molecule has 1 aliphatic heterocycles. The second-order valence-electron chi connectivity index (χ2n) is 5.48. The van der Waals surface area contributed by atoms with E-state index in [0.29, 0.717) is 25.6 Å². The molecule has 0 aliphatic carbocycles. The fraction of sp³-hybridized carbons (Fsp3) is 0.600. The number of aromatic nitrogens is 1. The average Bonchev–Trinajstić information content (AvgIpc) is 2.81. The van der Waals surface area contributed by atoms with Crippen molar-refractivity contribution in [2.75, 3.05) is 26.2 Å². The molecule has 1 aliphatic rings. The first kappa shape index (κ1) is 14.8. The first-order valence-corrected chi connectivity index (χ1v) is 7.16. The molecular weight excluding hydrogens is 254 g/mol. The number of aryl methyl sites for hydroxylation is 1. The summed E-state index contributed by atoms with van der Waals surface area (Å²) in [4.78, 5) is 17.6. The third kappa shape index (κ3) is 3.48. The molecule has 0 spiro atoms. The second-order valence-corrected chi connectivity index (χ2v) is 5.48. The van der Waals surface area contributed by atoms with Crippen LogP contribution in [0.15, 0.2) is 18.3 Å². The van der Waals surface area contributed by atoms with Crippen molar-refractivity contribution in [3.8, 4) is 0 Å². The van der Waals surface area contributed by atoms with Crippen LogP contribution in [0.5, 0.6) is 0 Å². The van der Waals surface area contributed by atoms with Gasteiger partial charge in [0.2, 0.25) is 0 Å². The molecule has 110 valence electrons. The van der Waals surface area contributed by atoms with Crippen LogP contribution in [0.2, 0.25) is 0 Å². The van der Waals surface area contributed by atoms with Crippen LogP contribution in [0.3, 0.4) is 0 Å². The summed E-state index contributed by atoms with van der Waals surface area (Å²) in [6.07, 6.45) is 1.62. The summed E-state index contributed by atoms with van der Waals surface area (Å²) >= 11 is 0. The van der Waals surface area contributed by atoms with Crippen LogP contribution in [0.25, 0.3) is 0 Å². The zero-order valence-electron chi connectivity index (χ0n) is 12.4. The van der Waals surface area contributed by atoms with Gasteiger partial charge in [0.1, 0.15) is 6.61 Å². The Labute approximate surface area is 120 Å². The lowest BCUT2D eigenvalue weighted by Gasteiger charge is -2.24. The quantitative estimate of drug-likeness (QED) is 0.865. The molecule has 1 aromatic rings. The van der Waals surface area contributed by atoms with Gasteiger partial charge in [-0.2, -0.15) is 0 Å². The van der Waals surface area contributed by atoms with Crippen molar-refractivity contribution in [2.24, 2.45) is 5.92 Å². The fourth-order valence-corrected chi connectivity index (χ4v) is 2.46. The molecule has 0 bridgehead atoms. The summed E-state index contributed by atoms with van der Waals surface area (Å²) < 4.78 is 4.92. The van der Waals surface area contributed by atoms with Crippen LogP contribution in [0.1, 0.15) is 31.1 Å². The van der Waals surface area contributed by atoms with Gasteiger partial charge in [0.25, 0.3) is 0 Å². The summed E-state index contributed by atoms with van der Waals surface area (Å²) in [5.41, 5.74) is 2.28. The molecule has 0 radical (unpaired) electrons. The highest BCUT2D eigenvalue weighted by Crippen LogP contribution is 2.22. The summed E-state index contributed by atoms with van der Waals surface area (Å²) in [6.45, 7) is 9.05. The Morgan fingerprint density at radius 3 is 2.90 bits per heavy atom. The average molecular weight is 277 g/mol. The first-order chi connectivity index (χ1) is 9.59. The fourth-order valence-electron chi connectivity index (χ4n) is 2.46. The zero-order valence-corrected chi connectivity index (χ0v) is 12.4. The molecule has 20 heavy (non-hydrogen) atoms. The molecule has 1 amide bonds. The minimum absolute atomic E-state index is 0.204. The number of carbonyl (C=O) groups excluding carboxylic acids is 1. The Balaban J connectivity index is 1.93. The van der Waals surface area contributed by atoms with Crippen LogP contribution in [-0.4, -0.2) is 42.2 Å². The van der Waals surface area contributed by atoms with Crippen LogP contribution in [-0.2, 0) is 4.74 Å². The number of hydrogen-bond acceptors (Lipinski definition) is 4. The summed E-state index contributed by atoms with van der Waals surface area (Å²) in [6, 6.07) is 4.24. The number of ether oxygens (including phenoxy) is 1. The molecule has 1 saturated heterocycles. The Morgan fingerprint density at radius 1 is 1.50 bits per heavy atom. The molecule has 1 atom stereocenters. The van der Waals surface area contributed by atoms with Gasteiger partial charge in [-0.25, -0.2) is 4.79 Å². The molecular formula is C15H23N3O2. The smallest absolute Gasteiger partial charge is 0.409 e. The molecule has 1 fully saturated rings. The standard InChI is InChI=1S/C15H23N3O2/c1-11(2)13(14-12(3)5-4-6-16-14)17-7-8-18-9-10-20-15(18)19/h4-6,11,13,17H,7-10H2,1-3H3/t13-/m1/s1. The highest BCUT2D eigenvalue weighted by Gasteiger charge is 2.23. The lowest BCUT2D eigenvalue weighted by molar-refractivity contribution is 0.158. The van der Waals surface area contributed by atoms with Crippen LogP contribution >= 0.6 is 0 Å². The maximum atomic E-state index is 11.4. The number of nitrogens with zero attached hydrogens (tertiary/aromatic N) is 2. The van der Waals surface area contributed by atoms with E-state index in [9.17, 15) is 4.79 Å². The molecule has 5 nitrogen and oxygen atoms in total. The summed E-state index contributed by atoms with van der Waals surface area (Å²) in [5, 5.41) is 3.51. The molecule has 5 heteroatoms. The van der Waals surface area contributed by atoms with E-state index in [4.69, 9.17) is 4.74 Å². The highest BCUT2D eigenvalue weighted by molar-refractivity contribution is 5.69. The van der Waals surface area contributed by atoms with Gasteiger partial charge in [0.15, 0.2) is 0 Å². The zero-order chi connectivity index (χ0) is 14.5. The van der Waals surface area contributed by atoms with Crippen molar-refractivity contribution < 1.29 is 9.53 Å². The predicted molar refractivity (Wildman–Crippen MR) is 77.5 cm³/mol. The highest BCUT2D eigenvalue weighted by atomic mass is 16.6. The van der Waals surface area contributed by atoms with Crippen LogP contribution in [0, 0.1) is 12.8 Å². The molecule has 0 unspecified atom stereocenters. The van der Waals surface area contributed by atoms with E-state index >= 15 is 0 Å². The van der Waals surface area contributed by atoms with Gasteiger partial charge in [0, 0.05) is 19.3 Å². The van der Waals surface area contributed by atoms with Crippen LogP contribution in [0.4, 0.5) is 4.79 Å². The van der Waals surface area contributed by atoms with Crippen molar-refractivity contribution in [3.63, 3.8) is 0 Å². The monoisotopic (exact) mass is 277 g/mol. The SMILES string of the molecule is Cc1cccnc1[C@H](NCCN1CCOC1=O)C(C)C. The van der Waals surface area contributed by atoms with E-state index in [1.54, 1.807) is 4.90 Å². The van der Waals surface area contributed by atoms with Gasteiger partial charge >= 0.3 is 6.09 Å². The Morgan fingerprint density at radius 2 is 2.30 bits per heavy atom. The second kappa shape index (κ2) is 6.70. The van der Waals surface area contributed by atoms with Crippen molar-refractivity contribution in [1.82, 2.24) is 15.2 Å². The van der Waals surface area contributed by atoms with Gasteiger partial charge in [-0.3, -0.25) is 4.98 Å². The third-order valence-corrected chi connectivity index (χ3v) is 3.60. The van der Waals surface area contributed by atoms with E-state index < -0.39 is 0 Å². The van der Waals surface area contributed by atoms with E-state index in [0.717, 1.165) is 12.2 Å². The van der Waals surface area contributed by atoms with Gasteiger partial charge < -0.3 is 15.0 Å². The van der Waals surface area contributed by atoms with Crippen molar-refractivity contribution in [3.05, 3.63) is 29.6 Å². The summed E-state index contributed by atoms with van der Waals surface area (Å²) in [7, 11) is 0. The third-order valence-electron chi connectivity index (χ3n) is 3.60. The lowest BCUT2D eigenvalue weighted by Crippen LogP contribution is -2.36. The number of cyclic esters (lactones) is 1. The van der Waals surface area contributed by atoms with E-state index in [1.807, 2.05) is 12.3 Å². The maximum absolute atomic E-state index is 11.4. The van der Waals surface area contributed by atoms with Crippen LogP contribution < -0.4 is 5.32 Å². The molecule has 1 N–H and O–H groups in total. The largest absolute Gasteiger partial charge is 0.448 e. The van der Waals surface area contributed by atoms with Crippen molar-refractivity contribution in [1.29, 1.82) is 0 Å². The minimum atomic E-state index is -0.207. The molecule has 0 saturated carbocycles. The Bertz CT molecular complexity index is 462. The number of hydrogen-bond donors (Lipinski definition) is 1. The molecule has 2 heterocycles. The maximum Gasteiger partial charge on any atom is 0.409 e. The lowest BCUT2D eigenvalue weighted by atomic mass is 9.97. The van der Waals surface area contributed by atoms with Gasteiger partial charge in [-0.05, 0) is 24.5 Å². The predicted octanol–water partition coefficient (Wildman–Crippen LogP) is 2.13. The minimum Gasteiger partial charge on any atom is -0.448 e. The molecule has 0 aromatic carbocycles. The number of rotatable bonds is 6. The van der Waals surface area contributed by atoms with E-state index in [1.165, 1.54) is 5.56 Å². The summed E-state index contributed by atoms with van der Waals surface area (Å²) in [5.74, 6) is 0.439. The number of pyridine rings is 1. The van der Waals surface area contributed by atoms with E-state index in [2.05, 4.69) is 37.1 Å². The van der Waals surface area contributed by atoms with E-state index in [-0.39, 0.29) is 12.1 Å². The number of nitrogens with one attached hydrogen (secondary N) is 1. The van der Waals surface area contributed by atoms with Crippen molar-refractivity contribution in [2.45, 2.75) is 26.8 Å². The Hall–Kier alpha value is -1.62. The number of carbonyl (C=O) groups is 1. The van der Waals surface area contributed by atoms with Gasteiger partial charge in [-0.15, -0.1) is 0 Å². The normalized spacial score (nSPS) is 16.6. The molecule has 2 rings (SSSR count). The van der Waals surface area contributed by atoms with Crippen molar-refractivity contribution >= 4 is 6.09 Å². The molecule has 1 aromatic heterocycles.